The van der Waals surface area contributed by atoms with Gasteiger partial charge in [0.1, 0.15) is 0 Å². The van der Waals surface area contributed by atoms with Crippen molar-refractivity contribution in [3.63, 3.8) is 0 Å². The summed E-state index contributed by atoms with van der Waals surface area (Å²) < 4.78 is 0. The van der Waals surface area contributed by atoms with Crippen LogP contribution in [0.25, 0.3) is 0 Å². The second kappa shape index (κ2) is 9.24. The van der Waals surface area contributed by atoms with Crippen molar-refractivity contribution in [1.29, 1.82) is 0 Å². The third kappa shape index (κ3) is 5.89. The number of nitrogens with zero attached hydrogens (tertiary/aromatic N) is 2. The second-order valence-corrected chi connectivity index (χ2v) is 4.26. The maximum atomic E-state index is 11.3. The SMILES string of the molecule is CCCCN(CCCC)N(C(=O)O)C(N)CC. The summed E-state index contributed by atoms with van der Waals surface area (Å²) in [6.07, 6.45) is 3.32. The predicted octanol–water partition coefficient (Wildman–Crippen LogP) is 2.48. The Kier molecular flexibility index (Phi) is 8.80. The standard InChI is InChI=1S/C12H27N3O2/c1-4-7-9-14(10-8-5-2)15(12(16)17)11(13)6-3/h11H,4-10,13H2,1-3H3,(H,16,17). The van der Waals surface area contributed by atoms with Crippen molar-refractivity contribution >= 4 is 6.09 Å². The Morgan fingerprint density at radius 3 is 1.94 bits per heavy atom. The number of hydrogen-bond donors (Lipinski definition) is 2. The van der Waals surface area contributed by atoms with Crippen LogP contribution >= 0.6 is 0 Å². The number of carboxylic acid groups (broad SMARTS) is 1. The lowest BCUT2D eigenvalue weighted by Gasteiger charge is -2.36. The molecule has 102 valence electrons. The fraction of sp³-hybridized carbons (Fsp3) is 0.917. The van der Waals surface area contributed by atoms with Gasteiger partial charge in [0, 0.05) is 13.1 Å². The van der Waals surface area contributed by atoms with E-state index in [9.17, 15) is 9.90 Å². The molecular weight excluding hydrogens is 218 g/mol. The molecule has 0 rings (SSSR count). The van der Waals surface area contributed by atoms with Gasteiger partial charge >= 0.3 is 6.09 Å². The summed E-state index contributed by atoms with van der Waals surface area (Å²) in [5.74, 6) is 0. The van der Waals surface area contributed by atoms with Crippen LogP contribution in [0, 0.1) is 0 Å². The summed E-state index contributed by atoms with van der Waals surface area (Å²) in [7, 11) is 0. The van der Waals surface area contributed by atoms with E-state index in [0.717, 1.165) is 38.8 Å². The number of amides is 1. The van der Waals surface area contributed by atoms with Crippen LogP contribution in [-0.4, -0.2) is 40.5 Å². The Labute approximate surface area is 105 Å². The minimum Gasteiger partial charge on any atom is -0.464 e. The highest BCUT2D eigenvalue weighted by Crippen LogP contribution is 2.09. The van der Waals surface area contributed by atoms with Gasteiger partial charge in [0.25, 0.3) is 0 Å². The lowest BCUT2D eigenvalue weighted by atomic mass is 10.3. The third-order valence-corrected chi connectivity index (χ3v) is 2.77. The zero-order valence-corrected chi connectivity index (χ0v) is 11.4. The van der Waals surface area contributed by atoms with Crippen LogP contribution in [0.3, 0.4) is 0 Å². The summed E-state index contributed by atoms with van der Waals surface area (Å²) in [6.45, 7) is 7.62. The molecule has 3 N–H and O–H groups in total. The van der Waals surface area contributed by atoms with E-state index in [-0.39, 0.29) is 0 Å². The molecule has 17 heavy (non-hydrogen) atoms. The van der Waals surface area contributed by atoms with Crippen molar-refractivity contribution in [1.82, 2.24) is 10.0 Å². The minimum absolute atomic E-state index is 0.443. The Balaban J connectivity index is 4.60. The van der Waals surface area contributed by atoms with Crippen molar-refractivity contribution in [2.24, 2.45) is 5.73 Å². The molecule has 0 spiro atoms. The first-order chi connectivity index (χ1) is 8.08. The van der Waals surface area contributed by atoms with Gasteiger partial charge in [-0.25, -0.2) is 14.8 Å². The fourth-order valence-corrected chi connectivity index (χ4v) is 1.65. The topological polar surface area (TPSA) is 69.8 Å². The normalized spacial score (nSPS) is 12.8. The Hall–Kier alpha value is -0.810. The Bertz CT molecular complexity index is 204. The molecule has 0 radical (unpaired) electrons. The molecule has 1 atom stereocenters. The zero-order chi connectivity index (χ0) is 13.3. The average molecular weight is 245 g/mol. The Morgan fingerprint density at radius 1 is 1.18 bits per heavy atom. The van der Waals surface area contributed by atoms with Crippen LogP contribution in [0.2, 0.25) is 0 Å². The van der Waals surface area contributed by atoms with E-state index in [4.69, 9.17) is 5.73 Å². The van der Waals surface area contributed by atoms with Gasteiger partial charge in [0.2, 0.25) is 0 Å². The first kappa shape index (κ1) is 16.2. The van der Waals surface area contributed by atoms with E-state index in [1.165, 1.54) is 5.01 Å². The van der Waals surface area contributed by atoms with Crippen LogP contribution in [0.5, 0.6) is 0 Å². The highest BCUT2D eigenvalue weighted by Gasteiger charge is 2.24. The number of rotatable bonds is 9. The van der Waals surface area contributed by atoms with Gasteiger partial charge in [-0.1, -0.05) is 33.6 Å². The second-order valence-electron chi connectivity index (χ2n) is 4.26. The molecule has 0 aromatic heterocycles. The van der Waals surface area contributed by atoms with E-state index in [0.29, 0.717) is 6.42 Å². The number of carbonyl (C=O) groups is 1. The summed E-state index contributed by atoms with van der Waals surface area (Å²) in [5.41, 5.74) is 5.87. The molecule has 5 heteroatoms. The molecule has 0 bridgehead atoms. The minimum atomic E-state index is -0.952. The van der Waals surface area contributed by atoms with Gasteiger partial charge in [0.05, 0.1) is 6.17 Å². The molecule has 0 saturated carbocycles. The molecule has 1 amide bonds. The number of nitrogens with two attached hydrogens (primary N) is 1. The van der Waals surface area contributed by atoms with Crippen molar-refractivity contribution < 1.29 is 9.90 Å². The molecule has 1 unspecified atom stereocenters. The first-order valence-corrected chi connectivity index (χ1v) is 6.60. The summed E-state index contributed by atoms with van der Waals surface area (Å²) in [4.78, 5) is 11.3. The monoisotopic (exact) mass is 245 g/mol. The van der Waals surface area contributed by atoms with E-state index in [2.05, 4.69) is 13.8 Å². The molecular formula is C12H27N3O2. The average Bonchev–Trinajstić information content (AvgIpc) is 2.31. The van der Waals surface area contributed by atoms with Gasteiger partial charge in [0.15, 0.2) is 0 Å². The lowest BCUT2D eigenvalue weighted by molar-refractivity contribution is -0.0411. The predicted molar refractivity (Wildman–Crippen MR) is 69.5 cm³/mol. The first-order valence-electron chi connectivity index (χ1n) is 6.60. The van der Waals surface area contributed by atoms with Crippen LogP contribution in [-0.2, 0) is 0 Å². The Morgan fingerprint density at radius 2 is 1.65 bits per heavy atom. The van der Waals surface area contributed by atoms with Crippen LogP contribution < -0.4 is 5.73 Å². The molecule has 5 nitrogen and oxygen atoms in total. The van der Waals surface area contributed by atoms with Crippen LogP contribution in [0.1, 0.15) is 52.9 Å². The number of hydrazine groups is 1. The number of unbranched alkanes of at least 4 members (excludes halogenated alkanes) is 2. The maximum Gasteiger partial charge on any atom is 0.423 e. The molecule has 0 aliphatic rings. The van der Waals surface area contributed by atoms with Crippen LogP contribution in [0.15, 0.2) is 0 Å². The maximum absolute atomic E-state index is 11.3. The van der Waals surface area contributed by atoms with Crippen molar-refractivity contribution in [3.05, 3.63) is 0 Å². The molecule has 0 saturated heterocycles. The van der Waals surface area contributed by atoms with Crippen molar-refractivity contribution in [3.8, 4) is 0 Å². The molecule has 0 aromatic carbocycles. The number of hydrogen-bond acceptors (Lipinski definition) is 3. The molecule has 0 aliphatic carbocycles. The summed E-state index contributed by atoms with van der Waals surface area (Å²) in [5, 5.41) is 12.4. The summed E-state index contributed by atoms with van der Waals surface area (Å²) in [6, 6.07) is 0. The van der Waals surface area contributed by atoms with Gasteiger partial charge < -0.3 is 10.8 Å². The van der Waals surface area contributed by atoms with Crippen molar-refractivity contribution in [2.45, 2.75) is 59.0 Å². The quantitative estimate of drug-likeness (QED) is 0.483. The van der Waals surface area contributed by atoms with E-state index in [1.54, 1.807) is 0 Å². The van der Waals surface area contributed by atoms with E-state index in [1.807, 2.05) is 11.9 Å². The fourth-order valence-electron chi connectivity index (χ4n) is 1.65. The van der Waals surface area contributed by atoms with Gasteiger partial charge in [-0.2, -0.15) is 0 Å². The summed E-state index contributed by atoms with van der Waals surface area (Å²) >= 11 is 0. The van der Waals surface area contributed by atoms with Gasteiger partial charge in [-0.15, -0.1) is 0 Å². The molecule has 0 fully saturated rings. The van der Waals surface area contributed by atoms with Crippen LogP contribution in [0.4, 0.5) is 4.79 Å². The zero-order valence-electron chi connectivity index (χ0n) is 11.4. The largest absolute Gasteiger partial charge is 0.464 e. The third-order valence-electron chi connectivity index (χ3n) is 2.77. The molecule has 0 heterocycles. The van der Waals surface area contributed by atoms with E-state index < -0.39 is 12.3 Å². The molecule has 0 aromatic rings. The highest BCUT2D eigenvalue weighted by molar-refractivity contribution is 5.64. The smallest absolute Gasteiger partial charge is 0.423 e. The lowest BCUT2D eigenvalue weighted by Crippen LogP contribution is -2.55. The van der Waals surface area contributed by atoms with Gasteiger partial charge in [-0.05, 0) is 19.3 Å². The van der Waals surface area contributed by atoms with E-state index >= 15 is 0 Å². The molecule has 0 aliphatic heterocycles. The highest BCUT2D eigenvalue weighted by atomic mass is 16.4. The van der Waals surface area contributed by atoms with Crippen molar-refractivity contribution in [2.75, 3.05) is 13.1 Å². The van der Waals surface area contributed by atoms with Gasteiger partial charge in [-0.3, -0.25) is 0 Å².